The van der Waals surface area contributed by atoms with Crippen LogP contribution in [0.1, 0.15) is 5.56 Å². The van der Waals surface area contributed by atoms with Crippen molar-refractivity contribution in [1.82, 2.24) is 15.0 Å². The molecular formula is C17H16ClN5O. The molecule has 0 saturated heterocycles. The second-order valence-electron chi connectivity index (χ2n) is 4.95. The van der Waals surface area contributed by atoms with Crippen molar-refractivity contribution in [2.24, 2.45) is 0 Å². The Morgan fingerprint density at radius 2 is 2.08 bits per heavy atom. The molecule has 1 aromatic carbocycles. The van der Waals surface area contributed by atoms with Crippen LogP contribution in [0.2, 0.25) is 5.02 Å². The zero-order valence-electron chi connectivity index (χ0n) is 13.0. The smallest absolute Gasteiger partial charge is 0.229 e. The van der Waals surface area contributed by atoms with Gasteiger partial charge in [0.15, 0.2) is 0 Å². The van der Waals surface area contributed by atoms with Gasteiger partial charge in [0.25, 0.3) is 0 Å². The van der Waals surface area contributed by atoms with Crippen molar-refractivity contribution < 1.29 is 4.74 Å². The molecule has 0 saturated carbocycles. The highest BCUT2D eigenvalue weighted by Gasteiger charge is 2.06. The van der Waals surface area contributed by atoms with E-state index < -0.39 is 0 Å². The van der Waals surface area contributed by atoms with Crippen molar-refractivity contribution in [3.8, 4) is 5.75 Å². The minimum absolute atomic E-state index is 0.451. The van der Waals surface area contributed by atoms with Crippen molar-refractivity contribution in [1.29, 1.82) is 0 Å². The summed E-state index contributed by atoms with van der Waals surface area (Å²) >= 11 is 6.03. The summed E-state index contributed by atoms with van der Waals surface area (Å²) in [4.78, 5) is 12.7. The van der Waals surface area contributed by atoms with Gasteiger partial charge in [-0.15, -0.1) is 0 Å². The lowest BCUT2D eigenvalue weighted by atomic mass is 10.3. The van der Waals surface area contributed by atoms with E-state index >= 15 is 0 Å². The Balaban J connectivity index is 1.72. The van der Waals surface area contributed by atoms with Crippen LogP contribution in [-0.4, -0.2) is 22.1 Å². The van der Waals surface area contributed by atoms with Crippen LogP contribution in [-0.2, 0) is 6.54 Å². The monoisotopic (exact) mass is 341 g/mol. The highest BCUT2D eigenvalue weighted by molar-refractivity contribution is 6.30. The second kappa shape index (κ2) is 7.61. The van der Waals surface area contributed by atoms with Crippen LogP contribution in [0, 0.1) is 0 Å². The van der Waals surface area contributed by atoms with Crippen LogP contribution < -0.4 is 15.4 Å². The first-order chi connectivity index (χ1) is 11.7. The summed E-state index contributed by atoms with van der Waals surface area (Å²) in [5.41, 5.74) is 1.77. The van der Waals surface area contributed by atoms with E-state index in [9.17, 15) is 0 Å². The van der Waals surface area contributed by atoms with Crippen molar-refractivity contribution >= 4 is 29.1 Å². The Morgan fingerprint density at radius 1 is 1.17 bits per heavy atom. The van der Waals surface area contributed by atoms with Gasteiger partial charge in [-0.05, 0) is 35.9 Å². The fourth-order valence-corrected chi connectivity index (χ4v) is 2.28. The molecule has 6 nitrogen and oxygen atoms in total. The summed E-state index contributed by atoms with van der Waals surface area (Å²) in [7, 11) is 1.60. The van der Waals surface area contributed by atoms with Crippen molar-refractivity contribution in [2.75, 3.05) is 17.7 Å². The molecule has 0 aliphatic rings. The molecule has 0 spiro atoms. The van der Waals surface area contributed by atoms with Crippen molar-refractivity contribution in [3.63, 3.8) is 0 Å². The van der Waals surface area contributed by atoms with Gasteiger partial charge < -0.3 is 15.4 Å². The fourth-order valence-electron chi connectivity index (χ4n) is 2.11. The van der Waals surface area contributed by atoms with E-state index in [0.717, 1.165) is 5.56 Å². The Morgan fingerprint density at radius 3 is 2.88 bits per heavy atom. The lowest BCUT2D eigenvalue weighted by molar-refractivity contribution is 0.417. The maximum Gasteiger partial charge on any atom is 0.229 e. The van der Waals surface area contributed by atoms with Gasteiger partial charge >= 0.3 is 0 Å². The Labute approximate surface area is 144 Å². The van der Waals surface area contributed by atoms with E-state index in [1.54, 1.807) is 43.8 Å². The first-order valence-electron chi connectivity index (χ1n) is 7.31. The highest BCUT2D eigenvalue weighted by atomic mass is 35.5. The van der Waals surface area contributed by atoms with Crippen LogP contribution >= 0.6 is 11.6 Å². The average Bonchev–Trinajstić information content (AvgIpc) is 2.61. The minimum atomic E-state index is 0.451. The number of aromatic nitrogens is 3. The maximum atomic E-state index is 6.03. The quantitative estimate of drug-likeness (QED) is 0.708. The number of methoxy groups -OCH3 is 1. The van der Waals surface area contributed by atoms with Gasteiger partial charge in [0, 0.05) is 30.2 Å². The number of anilines is 3. The summed E-state index contributed by atoms with van der Waals surface area (Å²) in [5, 5.41) is 6.96. The van der Waals surface area contributed by atoms with Gasteiger partial charge in [-0.1, -0.05) is 17.7 Å². The topological polar surface area (TPSA) is 72.0 Å². The third-order valence-corrected chi connectivity index (χ3v) is 3.50. The lowest BCUT2D eigenvalue weighted by Crippen LogP contribution is -2.04. The zero-order chi connectivity index (χ0) is 16.8. The van der Waals surface area contributed by atoms with Crippen LogP contribution in [0.15, 0.2) is 55.0 Å². The predicted molar refractivity (Wildman–Crippen MR) is 94.9 cm³/mol. The minimum Gasteiger partial charge on any atom is -0.495 e. The third-order valence-electron chi connectivity index (χ3n) is 3.26. The molecular weight excluding hydrogens is 326 g/mol. The molecule has 3 rings (SSSR count). The van der Waals surface area contributed by atoms with Crippen molar-refractivity contribution in [2.45, 2.75) is 6.54 Å². The van der Waals surface area contributed by atoms with E-state index in [1.807, 2.05) is 18.3 Å². The zero-order valence-corrected chi connectivity index (χ0v) is 13.8. The molecule has 0 aliphatic heterocycles. The molecule has 2 heterocycles. The number of halogens is 1. The van der Waals surface area contributed by atoms with Gasteiger partial charge in [0.05, 0.1) is 12.8 Å². The number of pyridine rings is 1. The van der Waals surface area contributed by atoms with Crippen LogP contribution in [0.4, 0.5) is 17.5 Å². The molecule has 0 radical (unpaired) electrons. The molecule has 0 unspecified atom stereocenters. The summed E-state index contributed by atoms with van der Waals surface area (Å²) in [6, 6.07) is 11.0. The first-order valence-corrected chi connectivity index (χ1v) is 7.69. The molecule has 24 heavy (non-hydrogen) atoms. The molecule has 122 valence electrons. The van der Waals surface area contributed by atoms with E-state index in [2.05, 4.69) is 25.6 Å². The number of rotatable bonds is 6. The first kappa shape index (κ1) is 16.0. The summed E-state index contributed by atoms with van der Waals surface area (Å²) < 4.78 is 5.31. The van der Waals surface area contributed by atoms with Crippen LogP contribution in [0.3, 0.4) is 0 Å². The molecule has 2 aromatic heterocycles. The van der Waals surface area contributed by atoms with Crippen molar-refractivity contribution in [3.05, 3.63) is 65.6 Å². The molecule has 2 N–H and O–H groups in total. The fraction of sp³-hybridized carbons (Fsp3) is 0.118. The number of hydrogen-bond donors (Lipinski definition) is 2. The number of ether oxygens (including phenoxy) is 1. The molecule has 0 aliphatic carbocycles. The Hall–Kier alpha value is -2.86. The van der Waals surface area contributed by atoms with Gasteiger partial charge in [-0.25, -0.2) is 4.98 Å². The highest BCUT2D eigenvalue weighted by Crippen LogP contribution is 2.29. The second-order valence-corrected chi connectivity index (χ2v) is 5.39. The summed E-state index contributed by atoms with van der Waals surface area (Å²) in [6.07, 6.45) is 5.23. The standard InChI is InChI=1S/C17H16ClN5O/c1-24-15-5-4-13(18)9-14(15)22-17-20-8-6-16(23-17)21-11-12-3-2-7-19-10-12/h2-10H,11H2,1H3,(H2,20,21,22,23). The van der Waals surface area contributed by atoms with E-state index in [-0.39, 0.29) is 0 Å². The number of benzene rings is 1. The Bertz CT molecular complexity index is 813. The summed E-state index contributed by atoms with van der Waals surface area (Å²) in [5.74, 6) is 1.82. The predicted octanol–water partition coefficient (Wildman–Crippen LogP) is 3.89. The number of hydrogen-bond acceptors (Lipinski definition) is 6. The molecule has 7 heteroatoms. The number of nitrogens with one attached hydrogen (secondary N) is 2. The van der Waals surface area contributed by atoms with Gasteiger partial charge in [0.1, 0.15) is 11.6 Å². The van der Waals surface area contributed by atoms with Crippen LogP contribution in [0.5, 0.6) is 5.75 Å². The SMILES string of the molecule is COc1ccc(Cl)cc1Nc1nccc(NCc2cccnc2)n1. The van der Waals surface area contributed by atoms with Crippen LogP contribution in [0.25, 0.3) is 0 Å². The third kappa shape index (κ3) is 4.11. The lowest BCUT2D eigenvalue weighted by Gasteiger charge is -2.11. The molecule has 0 bridgehead atoms. The molecule has 0 amide bonds. The summed E-state index contributed by atoms with van der Waals surface area (Å²) in [6.45, 7) is 0.630. The molecule has 0 atom stereocenters. The largest absolute Gasteiger partial charge is 0.495 e. The normalized spacial score (nSPS) is 10.2. The molecule has 3 aromatic rings. The van der Waals surface area contributed by atoms with E-state index in [0.29, 0.717) is 34.8 Å². The van der Waals surface area contributed by atoms with Gasteiger partial charge in [0.2, 0.25) is 5.95 Å². The van der Waals surface area contributed by atoms with E-state index in [4.69, 9.17) is 16.3 Å². The average molecular weight is 342 g/mol. The van der Waals surface area contributed by atoms with E-state index in [1.165, 1.54) is 0 Å². The Kier molecular flexibility index (Phi) is 5.08. The van der Waals surface area contributed by atoms with Gasteiger partial charge in [-0.2, -0.15) is 4.98 Å². The number of nitrogens with zero attached hydrogens (tertiary/aromatic N) is 3. The van der Waals surface area contributed by atoms with Gasteiger partial charge in [-0.3, -0.25) is 4.98 Å². The maximum absolute atomic E-state index is 6.03. The molecule has 0 fully saturated rings.